The van der Waals surface area contributed by atoms with Gasteiger partial charge in [-0.3, -0.25) is 0 Å². The Kier molecular flexibility index (Phi) is 3.80. The average molecular weight is 268 g/mol. The van der Waals surface area contributed by atoms with E-state index in [2.05, 4.69) is 0 Å². The molecule has 2 aromatic carbocycles. The lowest BCUT2D eigenvalue weighted by Crippen LogP contribution is -2.35. The number of alkyl halides is 3. The molecule has 0 heterocycles. The van der Waals surface area contributed by atoms with Crippen LogP contribution in [-0.2, 0) is 6.42 Å². The van der Waals surface area contributed by atoms with E-state index in [9.17, 15) is 18.3 Å². The highest BCUT2D eigenvalue weighted by atomic mass is 19.4. The molecule has 0 aliphatic rings. The number of fused-ring (bicyclic) bond motifs is 1. The molecule has 102 valence electrons. The molecule has 0 saturated heterocycles. The van der Waals surface area contributed by atoms with E-state index in [1.165, 1.54) is 6.92 Å². The molecular weight excluding hydrogens is 253 g/mol. The first kappa shape index (κ1) is 13.9. The predicted octanol–water partition coefficient (Wildman–Crippen LogP) is 3.94. The number of hydrogen-bond acceptors (Lipinski definition) is 1. The molecule has 19 heavy (non-hydrogen) atoms. The minimum Gasteiger partial charge on any atom is -0.383 e. The average Bonchev–Trinajstić information content (AvgIpc) is 2.36. The molecule has 0 bridgehead atoms. The SMILES string of the molecule is CC(Cc1ccc2ccccc2c1)C(O)C(F)(F)F. The van der Waals surface area contributed by atoms with Crippen LogP contribution < -0.4 is 0 Å². The summed E-state index contributed by atoms with van der Waals surface area (Å²) in [5.41, 5.74) is 0.800. The lowest BCUT2D eigenvalue weighted by atomic mass is 9.94. The van der Waals surface area contributed by atoms with Crippen molar-refractivity contribution in [2.45, 2.75) is 25.6 Å². The summed E-state index contributed by atoms with van der Waals surface area (Å²) < 4.78 is 37.2. The predicted molar refractivity (Wildman–Crippen MR) is 68.9 cm³/mol. The molecule has 0 fully saturated rings. The molecular formula is C15H15F3O. The van der Waals surface area contributed by atoms with E-state index < -0.39 is 18.2 Å². The van der Waals surface area contributed by atoms with Gasteiger partial charge in [-0.15, -0.1) is 0 Å². The number of aliphatic hydroxyl groups is 1. The highest BCUT2D eigenvalue weighted by Gasteiger charge is 2.41. The van der Waals surface area contributed by atoms with Gasteiger partial charge in [0.1, 0.15) is 0 Å². The molecule has 0 radical (unpaired) electrons. The summed E-state index contributed by atoms with van der Waals surface area (Å²) in [6.45, 7) is 1.41. The zero-order valence-electron chi connectivity index (χ0n) is 10.5. The monoisotopic (exact) mass is 268 g/mol. The second-order valence-electron chi connectivity index (χ2n) is 4.85. The maximum atomic E-state index is 12.4. The first-order chi connectivity index (χ1) is 8.88. The van der Waals surface area contributed by atoms with Gasteiger partial charge in [0.2, 0.25) is 0 Å². The normalized spacial score (nSPS) is 15.4. The van der Waals surface area contributed by atoms with Crippen LogP contribution in [0.1, 0.15) is 12.5 Å². The Balaban J connectivity index is 2.17. The molecule has 2 atom stereocenters. The fraction of sp³-hybridized carbons (Fsp3) is 0.333. The molecule has 0 saturated carbocycles. The van der Waals surface area contributed by atoms with Crippen molar-refractivity contribution < 1.29 is 18.3 Å². The number of aliphatic hydroxyl groups excluding tert-OH is 1. The van der Waals surface area contributed by atoms with E-state index in [0.717, 1.165) is 16.3 Å². The first-order valence-electron chi connectivity index (χ1n) is 6.10. The van der Waals surface area contributed by atoms with Crippen LogP contribution in [0.25, 0.3) is 10.8 Å². The van der Waals surface area contributed by atoms with E-state index in [0.29, 0.717) is 0 Å². The minimum atomic E-state index is -4.56. The second kappa shape index (κ2) is 5.21. The lowest BCUT2D eigenvalue weighted by Gasteiger charge is -2.21. The molecule has 2 unspecified atom stereocenters. The molecule has 0 spiro atoms. The number of benzene rings is 2. The lowest BCUT2D eigenvalue weighted by molar-refractivity contribution is -0.217. The zero-order valence-corrected chi connectivity index (χ0v) is 10.5. The Morgan fingerprint density at radius 2 is 1.68 bits per heavy atom. The highest BCUT2D eigenvalue weighted by molar-refractivity contribution is 5.82. The van der Waals surface area contributed by atoms with Crippen LogP contribution in [0.5, 0.6) is 0 Å². The molecule has 1 nitrogen and oxygen atoms in total. The van der Waals surface area contributed by atoms with Crippen molar-refractivity contribution in [1.82, 2.24) is 0 Å². The van der Waals surface area contributed by atoms with Gasteiger partial charge < -0.3 is 5.11 Å². The van der Waals surface area contributed by atoms with Crippen LogP contribution in [0, 0.1) is 5.92 Å². The third kappa shape index (κ3) is 3.26. The van der Waals surface area contributed by atoms with Gasteiger partial charge in [-0.05, 0) is 28.7 Å². The standard InChI is InChI=1S/C15H15F3O/c1-10(14(19)15(16,17)18)8-11-6-7-12-4-2-3-5-13(12)9-11/h2-7,9-10,14,19H,8H2,1H3. The number of hydrogen-bond donors (Lipinski definition) is 1. The van der Waals surface area contributed by atoms with Crippen LogP contribution in [0.3, 0.4) is 0 Å². The van der Waals surface area contributed by atoms with Crippen molar-refractivity contribution >= 4 is 10.8 Å². The van der Waals surface area contributed by atoms with Crippen molar-refractivity contribution in [2.24, 2.45) is 5.92 Å². The quantitative estimate of drug-likeness (QED) is 0.894. The molecule has 1 N–H and O–H groups in total. The molecule has 4 heteroatoms. The topological polar surface area (TPSA) is 20.2 Å². The Morgan fingerprint density at radius 3 is 2.32 bits per heavy atom. The van der Waals surface area contributed by atoms with Crippen molar-refractivity contribution in [1.29, 1.82) is 0 Å². The molecule has 0 aliphatic carbocycles. The first-order valence-corrected chi connectivity index (χ1v) is 6.10. The van der Waals surface area contributed by atoms with E-state index in [-0.39, 0.29) is 6.42 Å². The summed E-state index contributed by atoms with van der Waals surface area (Å²) in [7, 11) is 0. The molecule has 2 rings (SSSR count). The van der Waals surface area contributed by atoms with Gasteiger partial charge in [0.25, 0.3) is 0 Å². The summed E-state index contributed by atoms with van der Waals surface area (Å²) >= 11 is 0. The van der Waals surface area contributed by atoms with E-state index in [4.69, 9.17) is 0 Å². The maximum absolute atomic E-state index is 12.4. The molecule has 0 amide bonds. The fourth-order valence-corrected chi connectivity index (χ4v) is 2.17. The Hall–Kier alpha value is -1.55. The van der Waals surface area contributed by atoms with E-state index in [1.54, 1.807) is 0 Å². The van der Waals surface area contributed by atoms with Gasteiger partial charge in [-0.25, -0.2) is 0 Å². The van der Waals surface area contributed by atoms with E-state index >= 15 is 0 Å². The molecule has 0 aliphatic heterocycles. The van der Waals surface area contributed by atoms with Crippen LogP contribution in [-0.4, -0.2) is 17.4 Å². The van der Waals surface area contributed by atoms with Gasteiger partial charge in [0.05, 0.1) is 0 Å². The largest absolute Gasteiger partial charge is 0.414 e. The summed E-state index contributed by atoms with van der Waals surface area (Å²) in [6, 6.07) is 13.2. The minimum absolute atomic E-state index is 0.200. The van der Waals surface area contributed by atoms with Crippen LogP contribution in [0.15, 0.2) is 42.5 Å². The summed E-state index contributed by atoms with van der Waals surface area (Å²) in [4.78, 5) is 0. The van der Waals surface area contributed by atoms with E-state index in [1.807, 2.05) is 42.5 Å². The van der Waals surface area contributed by atoms with Gasteiger partial charge >= 0.3 is 6.18 Å². The Morgan fingerprint density at radius 1 is 1.05 bits per heavy atom. The second-order valence-corrected chi connectivity index (χ2v) is 4.85. The van der Waals surface area contributed by atoms with Gasteiger partial charge in [0.15, 0.2) is 6.10 Å². The summed E-state index contributed by atoms with van der Waals surface area (Å²) in [5.74, 6) is -0.860. The third-order valence-corrected chi connectivity index (χ3v) is 3.25. The van der Waals surface area contributed by atoms with Gasteiger partial charge in [-0.2, -0.15) is 13.2 Å². The van der Waals surface area contributed by atoms with Crippen molar-refractivity contribution in [3.8, 4) is 0 Å². The number of rotatable bonds is 3. The molecule has 0 aromatic heterocycles. The number of halogens is 3. The summed E-state index contributed by atoms with van der Waals surface area (Å²) in [6.07, 6.45) is -6.64. The van der Waals surface area contributed by atoms with Crippen molar-refractivity contribution in [3.05, 3.63) is 48.0 Å². The highest BCUT2D eigenvalue weighted by Crippen LogP contribution is 2.28. The van der Waals surface area contributed by atoms with Crippen LogP contribution in [0.4, 0.5) is 13.2 Å². The third-order valence-electron chi connectivity index (χ3n) is 3.25. The van der Waals surface area contributed by atoms with Gasteiger partial charge in [0, 0.05) is 0 Å². The summed E-state index contributed by atoms with van der Waals surface area (Å²) in [5, 5.41) is 11.2. The zero-order chi connectivity index (χ0) is 14.0. The van der Waals surface area contributed by atoms with Crippen LogP contribution in [0.2, 0.25) is 0 Å². The molecule has 2 aromatic rings. The van der Waals surface area contributed by atoms with Crippen molar-refractivity contribution in [2.75, 3.05) is 0 Å². The van der Waals surface area contributed by atoms with Gasteiger partial charge in [-0.1, -0.05) is 49.4 Å². The maximum Gasteiger partial charge on any atom is 0.414 e. The Labute approximate surface area is 109 Å². The van der Waals surface area contributed by atoms with Crippen molar-refractivity contribution in [3.63, 3.8) is 0 Å². The Bertz CT molecular complexity index is 563. The van der Waals surface area contributed by atoms with Crippen LogP contribution >= 0.6 is 0 Å². The fourth-order valence-electron chi connectivity index (χ4n) is 2.17. The smallest absolute Gasteiger partial charge is 0.383 e.